The fraction of sp³-hybridized carbons (Fsp3) is 0.163. The van der Waals surface area contributed by atoms with E-state index in [0.717, 1.165) is 50.4 Å². The lowest BCUT2D eigenvalue weighted by Gasteiger charge is -2.48. The van der Waals surface area contributed by atoms with Gasteiger partial charge in [0.1, 0.15) is 11.2 Å². The molecule has 666 valence electrons. The average Bonchev–Trinajstić information content (AvgIpc) is 1.67. The first-order valence-corrected chi connectivity index (χ1v) is 51.4. The fourth-order valence-corrected chi connectivity index (χ4v) is 28.2. The lowest BCUT2D eigenvalue weighted by molar-refractivity contribution is 0.299. The molecule has 0 spiro atoms. The van der Waals surface area contributed by atoms with E-state index in [1.54, 1.807) is 0 Å². The molecule has 5 aromatic heterocycles. The normalized spacial score (nSPS) is 15.5. The topological polar surface area (TPSA) is 22.9 Å². The Morgan fingerprint density at radius 1 is 0.182 bits per heavy atom. The van der Waals surface area contributed by atoms with Gasteiger partial charge in [-0.25, -0.2) is 0 Å². The molecule has 0 saturated carbocycles. The summed E-state index contributed by atoms with van der Waals surface area (Å²) in [4.78, 5) is 7.19. The Morgan fingerprint density at radius 3 is 1.15 bits per heavy atom. The molecule has 4 nitrogen and oxygen atoms in total. The molecule has 0 N–H and O–H groups in total. The maximum Gasteiger partial charge on any atom is 0.137 e. The number of hydrogen-bond acceptors (Lipinski definition) is 8. The van der Waals surface area contributed by atoms with E-state index in [1.165, 1.54) is 192 Å². The quantitative estimate of drug-likeness (QED) is 0.144. The first-order valence-electron chi connectivity index (χ1n) is 48.2. The Labute approximate surface area is 817 Å². The summed E-state index contributed by atoms with van der Waals surface area (Å²) in [5.74, 6) is 0. The van der Waals surface area contributed by atoms with Crippen LogP contribution in [0.25, 0.3) is 147 Å². The Bertz CT molecular complexity index is 8910. The number of para-hydroxylation sites is 4. The monoisotopic (exact) mass is 1840 g/mol. The van der Waals surface area contributed by atoms with Crippen LogP contribution in [-0.2, 0) is 37.9 Å². The van der Waals surface area contributed by atoms with Crippen LogP contribution in [0.15, 0.2) is 387 Å². The van der Waals surface area contributed by atoms with Crippen LogP contribution in [0.2, 0.25) is 0 Å². The highest BCUT2D eigenvalue weighted by molar-refractivity contribution is 7.27. The molecule has 0 amide bonds. The molecule has 0 radical (unpaired) electrons. The molecule has 8 heteroatoms. The second kappa shape index (κ2) is 31.0. The van der Waals surface area contributed by atoms with Gasteiger partial charge >= 0.3 is 0 Å². The van der Waals surface area contributed by atoms with Gasteiger partial charge in [0.25, 0.3) is 0 Å². The van der Waals surface area contributed by atoms with Crippen LogP contribution in [0.5, 0.6) is 0 Å². The van der Waals surface area contributed by atoms with Gasteiger partial charge in [0.05, 0.1) is 0 Å². The summed E-state index contributed by atoms with van der Waals surface area (Å²) in [5, 5.41) is 12.9. The minimum absolute atomic E-state index is 0.00265. The Balaban J connectivity index is 0.000000109. The summed E-state index contributed by atoms with van der Waals surface area (Å²) in [6.45, 7) is 33.7. The van der Waals surface area contributed by atoms with Crippen LogP contribution < -0.4 is 14.7 Å². The number of anilines is 9. The maximum atomic E-state index is 6.31. The SMILES string of the molecule is CC1(C)c2ccccc2-c2c(ccc3c2sc2cc(N(c4ccccc4)c4ccc5c(c4)oc4ccccc45)ccc23)C1(C)C.CC1(C)c2ccccc2-c2c(ccc3sc4ccc(N(c5ccccc5)c5ccc6sc7ccccc7c6c5)cc4c23)C1(C)C.CC1(C)c2ccccc2-c2ccc(N(c3ccccc3)c3ccc4sc5cc6c(cc5c4c3)-c3ccccc3C(C)(C)C6(C)C)cc21. The Morgan fingerprint density at radius 2 is 0.540 bits per heavy atom. The van der Waals surface area contributed by atoms with Gasteiger partial charge in [-0.05, 0) is 274 Å². The number of hydrogen-bond donors (Lipinski definition) is 0. The molecule has 4 aliphatic carbocycles. The third-order valence-electron chi connectivity index (χ3n) is 33.1. The van der Waals surface area contributed by atoms with Crippen molar-refractivity contribution >= 4 is 199 Å². The molecular weight excluding hydrogens is 1740 g/mol. The second-order valence-corrected chi connectivity index (χ2v) is 46.1. The third kappa shape index (κ3) is 12.8. The van der Waals surface area contributed by atoms with Crippen molar-refractivity contribution in [2.45, 2.75) is 135 Å². The standard InChI is InChI=1S/C45H39NS.C42H33NOS.C42H33NS2/c1-43(2)37-18-12-10-16-31(37)33-22-20-30(25-39(33)43)46(28-14-8-7-9-15-28)29-21-23-41-35(24-29)36-26-34-32-17-11-13-19-38(32)44(3,4)45(5,6)40(34)27-42(36)47-41;1-41(2)34-16-10-8-15-33(34)39-35(42(41,3)4)23-22-32-31-21-19-28(25-38(31)45-40(32)39)43(26-12-6-5-7-13-26)27-18-20-30-29-14-9-11-17-36(29)44-37(30)24-27;1-41(2)33-16-10-8-15-30(33)39-34(42(41,3)4)20-23-38-40(39)32-25-28(19-22-37(32)45-38)43(26-12-6-5-7-13-26)27-18-21-36-31(24-27)29-14-9-11-17-35(29)44-36/h7-27H,1-6H3;2*5-25H,1-4H3. The second-order valence-electron chi connectivity index (χ2n) is 41.8. The van der Waals surface area contributed by atoms with Crippen LogP contribution >= 0.6 is 45.3 Å². The van der Waals surface area contributed by atoms with Crippen molar-refractivity contribution in [2.75, 3.05) is 14.7 Å². The van der Waals surface area contributed by atoms with Crippen LogP contribution in [-0.4, -0.2) is 0 Å². The first-order chi connectivity index (χ1) is 66.2. The zero-order valence-corrected chi connectivity index (χ0v) is 83.0. The molecule has 0 atom stereocenters. The van der Waals surface area contributed by atoms with Crippen molar-refractivity contribution in [3.8, 4) is 44.5 Å². The highest BCUT2D eigenvalue weighted by Gasteiger charge is 2.50. The predicted octanol–water partition coefficient (Wildman–Crippen LogP) is 38.9. The molecule has 0 fully saturated rings. The van der Waals surface area contributed by atoms with Crippen molar-refractivity contribution in [3.63, 3.8) is 0 Å². The lowest BCUT2D eigenvalue weighted by atomic mass is 9.55. The largest absolute Gasteiger partial charge is 0.456 e. The minimum Gasteiger partial charge on any atom is -0.456 e. The van der Waals surface area contributed by atoms with E-state index in [-0.39, 0.29) is 37.9 Å². The Kier molecular flexibility index (Phi) is 19.2. The average molecular weight is 1840 g/mol. The summed E-state index contributed by atoms with van der Waals surface area (Å²) in [6.07, 6.45) is 0. The van der Waals surface area contributed by atoms with Gasteiger partial charge in [0.15, 0.2) is 0 Å². The van der Waals surface area contributed by atoms with E-state index in [1.807, 2.05) is 57.5 Å². The summed E-state index contributed by atoms with van der Waals surface area (Å²) in [5.41, 5.74) is 34.6. The van der Waals surface area contributed by atoms with Crippen molar-refractivity contribution in [1.82, 2.24) is 0 Å². The minimum atomic E-state index is -0.0600. The van der Waals surface area contributed by atoms with Crippen LogP contribution in [0.4, 0.5) is 51.2 Å². The van der Waals surface area contributed by atoms with Gasteiger partial charge in [-0.15, -0.1) is 45.3 Å². The molecule has 18 aromatic carbocycles. The number of thiophene rings is 4. The van der Waals surface area contributed by atoms with E-state index >= 15 is 0 Å². The first kappa shape index (κ1) is 84.8. The van der Waals surface area contributed by atoms with E-state index in [9.17, 15) is 0 Å². The lowest BCUT2D eigenvalue weighted by Crippen LogP contribution is -2.43. The van der Waals surface area contributed by atoms with Crippen molar-refractivity contribution in [2.24, 2.45) is 0 Å². The van der Waals surface area contributed by atoms with Crippen molar-refractivity contribution in [3.05, 3.63) is 427 Å². The number of benzene rings is 18. The molecule has 27 rings (SSSR count). The van der Waals surface area contributed by atoms with E-state index < -0.39 is 0 Å². The van der Waals surface area contributed by atoms with Gasteiger partial charge in [-0.2, -0.15) is 0 Å². The highest BCUT2D eigenvalue weighted by atomic mass is 32.1. The zero-order valence-electron chi connectivity index (χ0n) is 79.8. The van der Waals surface area contributed by atoms with Crippen LogP contribution in [0, 0.1) is 0 Å². The summed E-state index contributed by atoms with van der Waals surface area (Å²) < 4.78 is 17.0. The van der Waals surface area contributed by atoms with E-state index in [0.29, 0.717) is 0 Å². The maximum absolute atomic E-state index is 6.31. The Hall–Kier alpha value is -14.0. The number of fused-ring (bicyclic) bond motifs is 29. The molecule has 0 unspecified atom stereocenters. The molecule has 5 heterocycles. The summed E-state index contributed by atoms with van der Waals surface area (Å²) in [6, 6.07) is 142. The van der Waals surface area contributed by atoms with Gasteiger partial charge in [0, 0.05) is 160 Å². The van der Waals surface area contributed by atoms with Gasteiger partial charge < -0.3 is 19.1 Å². The van der Waals surface area contributed by atoms with E-state index in [2.05, 4.69) is 482 Å². The highest BCUT2D eigenvalue weighted by Crippen LogP contribution is 2.62. The van der Waals surface area contributed by atoms with E-state index in [4.69, 9.17) is 4.42 Å². The molecule has 0 saturated heterocycles. The predicted molar refractivity (Wildman–Crippen MR) is 594 cm³/mol. The smallest absolute Gasteiger partial charge is 0.137 e. The summed E-state index contributed by atoms with van der Waals surface area (Å²) >= 11 is 7.62. The molecular formula is C129H105N3OS4. The van der Waals surface area contributed by atoms with Gasteiger partial charge in [-0.3, -0.25) is 0 Å². The number of furan rings is 1. The summed E-state index contributed by atoms with van der Waals surface area (Å²) in [7, 11) is 0. The van der Waals surface area contributed by atoms with Gasteiger partial charge in [0.2, 0.25) is 0 Å². The van der Waals surface area contributed by atoms with Crippen LogP contribution in [0.3, 0.4) is 0 Å². The molecule has 137 heavy (non-hydrogen) atoms. The van der Waals surface area contributed by atoms with Crippen LogP contribution in [0.1, 0.15) is 141 Å². The third-order valence-corrected chi connectivity index (χ3v) is 37.7. The molecule has 23 aromatic rings. The molecule has 0 bridgehead atoms. The fourth-order valence-electron chi connectivity index (χ4n) is 23.6. The molecule has 4 aliphatic rings. The van der Waals surface area contributed by atoms with Gasteiger partial charge in [-0.1, -0.05) is 315 Å². The van der Waals surface area contributed by atoms with Crippen molar-refractivity contribution in [1.29, 1.82) is 0 Å². The number of rotatable bonds is 9. The molecule has 0 aliphatic heterocycles. The van der Waals surface area contributed by atoms with Crippen molar-refractivity contribution < 1.29 is 4.42 Å². The zero-order chi connectivity index (χ0) is 93.3. The number of nitrogens with zero attached hydrogens (tertiary/aromatic N) is 3.